The van der Waals surface area contributed by atoms with Crippen molar-refractivity contribution in [2.75, 3.05) is 11.9 Å². The highest BCUT2D eigenvalue weighted by molar-refractivity contribution is 7.09. The summed E-state index contributed by atoms with van der Waals surface area (Å²) < 4.78 is 10.4. The Morgan fingerprint density at radius 1 is 1.17 bits per heavy atom. The fourth-order valence-corrected chi connectivity index (χ4v) is 4.73. The number of nitrogens with zero attached hydrogens (tertiary/aromatic N) is 2. The van der Waals surface area contributed by atoms with E-state index in [1.807, 2.05) is 0 Å². The molecule has 4 rings (SSSR count). The number of anilines is 1. The molecule has 3 aliphatic rings. The first kappa shape index (κ1) is 15.3. The largest absolute Gasteiger partial charge is 0.376 e. The van der Waals surface area contributed by atoms with Crippen LogP contribution in [0.5, 0.6) is 0 Å². The average Bonchev–Trinajstić information content (AvgIpc) is 3.31. The minimum absolute atomic E-state index is 0.0394. The van der Waals surface area contributed by atoms with Crippen LogP contribution < -0.4 is 10.6 Å². The van der Waals surface area contributed by atoms with E-state index in [9.17, 15) is 4.79 Å². The van der Waals surface area contributed by atoms with E-state index in [1.165, 1.54) is 37.2 Å². The SMILES string of the molecule is O=C1CC[C@H](Nc2nc(C3CCCC3)ns2)[C@H]([C@H]2CCCO2)N1. The van der Waals surface area contributed by atoms with Crippen LogP contribution >= 0.6 is 11.5 Å². The Bertz CT molecular complexity index is 552. The summed E-state index contributed by atoms with van der Waals surface area (Å²) >= 11 is 1.45. The Morgan fingerprint density at radius 3 is 2.83 bits per heavy atom. The van der Waals surface area contributed by atoms with E-state index in [0.29, 0.717) is 12.3 Å². The zero-order chi connectivity index (χ0) is 15.6. The number of carbonyl (C=O) groups excluding carboxylic acids is 1. The van der Waals surface area contributed by atoms with Crippen LogP contribution in [0.25, 0.3) is 0 Å². The van der Waals surface area contributed by atoms with E-state index < -0.39 is 0 Å². The number of carbonyl (C=O) groups is 1. The molecule has 1 aromatic heterocycles. The minimum Gasteiger partial charge on any atom is -0.376 e. The number of nitrogens with one attached hydrogen (secondary N) is 2. The van der Waals surface area contributed by atoms with Crippen molar-refractivity contribution in [3.05, 3.63) is 5.82 Å². The molecular weight excluding hydrogens is 312 g/mol. The van der Waals surface area contributed by atoms with Gasteiger partial charge in [0.15, 0.2) is 0 Å². The summed E-state index contributed by atoms with van der Waals surface area (Å²) in [6, 6.07) is 0.220. The summed E-state index contributed by atoms with van der Waals surface area (Å²) in [4.78, 5) is 16.5. The molecular formula is C16H24N4O2S. The molecule has 0 bridgehead atoms. The zero-order valence-corrected chi connectivity index (χ0v) is 14.1. The van der Waals surface area contributed by atoms with E-state index in [2.05, 4.69) is 15.0 Å². The molecule has 126 valence electrons. The Labute approximate surface area is 140 Å². The first-order valence-electron chi connectivity index (χ1n) is 8.81. The molecule has 2 saturated heterocycles. The maximum Gasteiger partial charge on any atom is 0.220 e. The lowest BCUT2D eigenvalue weighted by Crippen LogP contribution is -2.56. The summed E-state index contributed by atoms with van der Waals surface area (Å²) in [5.74, 6) is 1.68. The number of ether oxygens (including phenoxy) is 1. The smallest absolute Gasteiger partial charge is 0.220 e. The Morgan fingerprint density at radius 2 is 2.04 bits per heavy atom. The van der Waals surface area contributed by atoms with Crippen LogP contribution in [0.3, 0.4) is 0 Å². The van der Waals surface area contributed by atoms with Crippen molar-refractivity contribution in [1.29, 1.82) is 0 Å². The molecule has 0 aromatic carbocycles. The second kappa shape index (κ2) is 6.73. The fourth-order valence-electron chi connectivity index (χ4n) is 4.03. The zero-order valence-electron chi connectivity index (χ0n) is 13.3. The molecule has 0 radical (unpaired) electrons. The third-order valence-corrected chi connectivity index (χ3v) is 5.94. The molecule has 6 nitrogen and oxygen atoms in total. The van der Waals surface area contributed by atoms with Crippen LogP contribution in [0.2, 0.25) is 0 Å². The number of rotatable bonds is 4. The second-order valence-corrected chi connectivity index (χ2v) is 7.63. The summed E-state index contributed by atoms with van der Waals surface area (Å²) in [5.41, 5.74) is 0. The lowest BCUT2D eigenvalue weighted by molar-refractivity contribution is -0.124. The van der Waals surface area contributed by atoms with Crippen molar-refractivity contribution in [2.45, 2.75) is 75.5 Å². The third-order valence-electron chi connectivity index (χ3n) is 5.28. The molecule has 3 heterocycles. The van der Waals surface area contributed by atoms with Gasteiger partial charge in [-0.25, -0.2) is 4.98 Å². The molecule has 1 amide bonds. The molecule has 7 heteroatoms. The lowest BCUT2D eigenvalue weighted by Gasteiger charge is -2.35. The van der Waals surface area contributed by atoms with E-state index in [1.54, 1.807) is 0 Å². The maximum atomic E-state index is 11.8. The first-order valence-corrected chi connectivity index (χ1v) is 9.58. The number of hydrogen-bond acceptors (Lipinski definition) is 6. The maximum absolute atomic E-state index is 11.8. The Kier molecular flexibility index (Phi) is 4.48. The van der Waals surface area contributed by atoms with Crippen molar-refractivity contribution >= 4 is 22.6 Å². The standard InChI is InChI=1S/C16H24N4O2S/c21-13-8-7-11(14(18-13)12-6-3-9-22-12)17-16-19-15(20-23-16)10-4-1-2-5-10/h10-12,14H,1-9H2,(H,18,21)(H,17,19,20)/t11-,12+,14+/m0/s1. The molecule has 1 aliphatic carbocycles. The monoisotopic (exact) mass is 336 g/mol. The van der Waals surface area contributed by atoms with Gasteiger partial charge in [-0.3, -0.25) is 4.79 Å². The number of aromatic nitrogens is 2. The molecule has 0 spiro atoms. The predicted octanol–water partition coefficient (Wildman–Crippen LogP) is 2.43. The fraction of sp³-hybridized carbons (Fsp3) is 0.812. The molecule has 1 aromatic rings. The van der Waals surface area contributed by atoms with Crippen LogP contribution in [0, 0.1) is 0 Å². The van der Waals surface area contributed by atoms with Crippen LogP contribution in [-0.4, -0.2) is 40.1 Å². The van der Waals surface area contributed by atoms with Crippen molar-refractivity contribution in [1.82, 2.24) is 14.7 Å². The van der Waals surface area contributed by atoms with Crippen molar-refractivity contribution in [3.63, 3.8) is 0 Å². The van der Waals surface area contributed by atoms with Gasteiger partial charge in [0, 0.05) is 30.5 Å². The van der Waals surface area contributed by atoms with Crippen molar-refractivity contribution in [3.8, 4) is 0 Å². The van der Waals surface area contributed by atoms with Gasteiger partial charge in [0.1, 0.15) is 5.82 Å². The molecule has 3 atom stereocenters. The van der Waals surface area contributed by atoms with Gasteiger partial charge in [-0.2, -0.15) is 4.37 Å². The number of hydrogen-bond donors (Lipinski definition) is 2. The summed E-state index contributed by atoms with van der Waals surface area (Å²) in [6.07, 6.45) is 8.64. The van der Waals surface area contributed by atoms with Gasteiger partial charge in [0.05, 0.1) is 18.2 Å². The van der Waals surface area contributed by atoms with Gasteiger partial charge in [0.2, 0.25) is 11.0 Å². The van der Waals surface area contributed by atoms with E-state index in [-0.39, 0.29) is 24.1 Å². The van der Waals surface area contributed by atoms with Gasteiger partial charge in [-0.1, -0.05) is 12.8 Å². The first-order chi connectivity index (χ1) is 11.3. The van der Waals surface area contributed by atoms with Gasteiger partial charge in [-0.15, -0.1) is 0 Å². The van der Waals surface area contributed by atoms with Gasteiger partial charge in [-0.05, 0) is 32.1 Å². The molecule has 1 saturated carbocycles. The summed E-state index contributed by atoms with van der Waals surface area (Å²) in [7, 11) is 0. The van der Waals surface area contributed by atoms with Crippen LogP contribution in [0.4, 0.5) is 5.13 Å². The van der Waals surface area contributed by atoms with Crippen LogP contribution in [-0.2, 0) is 9.53 Å². The topological polar surface area (TPSA) is 76.1 Å². The summed E-state index contributed by atoms with van der Waals surface area (Å²) in [6.45, 7) is 0.800. The number of piperidine rings is 1. The molecule has 3 fully saturated rings. The van der Waals surface area contributed by atoms with Crippen molar-refractivity contribution in [2.24, 2.45) is 0 Å². The summed E-state index contributed by atoms with van der Waals surface area (Å²) in [5, 5.41) is 7.53. The highest BCUT2D eigenvalue weighted by atomic mass is 32.1. The molecule has 23 heavy (non-hydrogen) atoms. The van der Waals surface area contributed by atoms with Crippen LogP contribution in [0.15, 0.2) is 0 Å². The van der Waals surface area contributed by atoms with Gasteiger partial charge in [0.25, 0.3) is 0 Å². The Hall–Kier alpha value is -1.21. The van der Waals surface area contributed by atoms with E-state index in [0.717, 1.165) is 36.8 Å². The number of amides is 1. The quantitative estimate of drug-likeness (QED) is 0.883. The molecule has 0 unspecified atom stereocenters. The second-order valence-electron chi connectivity index (χ2n) is 6.87. The lowest BCUT2D eigenvalue weighted by atomic mass is 9.92. The minimum atomic E-state index is 0.0394. The van der Waals surface area contributed by atoms with Gasteiger partial charge >= 0.3 is 0 Å². The van der Waals surface area contributed by atoms with Crippen LogP contribution in [0.1, 0.15) is 63.1 Å². The van der Waals surface area contributed by atoms with E-state index in [4.69, 9.17) is 9.72 Å². The molecule has 2 aliphatic heterocycles. The normalized spacial score (nSPS) is 32.2. The highest BCUT2D eigenvalue weighted by Crippen LogP contribution is 2.34. The predicted molar refractivity (Wildman–Crippen MR) is 88.7 cm³/mol. The highest BCUT2D eigenvalue weighted by Gasteiger charge is 2.37. The molecule has 2 N–H and O–H groups in total. The third kappa shape index (κ3) is 3.35. The van der Waals surface area contributed by atoms with E-state index >= 15 is 0 Å². The van der Waals surface area contributed by atoms with Gasteiger partial charge < -0.3 is 15.4 Å². The Balaban J connectivity index is 1.44. The average molecular weight is 336 g/mol. The van der Waals surface area contributed by atoms with Crippen molar-refractivity contribution < 1.29 is 9.53 Å².